The first-order valence-corrected chi connectivity index (χ1v) is 3.93. The Balaban J connectivity index is 2.45. The van der Waals surface area contributed by atoms with Gasteiger partial charge < -0.3 is 14.7 Å². The lowest BCUT2D eigenvalue weighted by Gasteiger charge is -2.08. The van der Waals surface area contributed by atoms with Gasteiger partial charge in [0.05, 0.1) is 6.54 Å². The fourth-order valence-corrected chi connectivity index (χ4v) is 0.926. The molecule has 0 aromatic rings. The first-order chi connectivity index (χ1) is 6.11. The monoisotopic (exact) mass is 185 g/mol. The van der Waals surface area contributed by atoms with Gasteiger partial charge in [-0.05, 0) is 6.92 Å². The third kappa shape index (κ3) is 2.47. The molecule has 72 valence electrons. The Morgan fingerprint density at radius 1 is 1.77 bits per heavy atom. The molecule has 1 aliphatic rings. The highest BCUT2D eigenvalue weighted by molar-refractivity contribution is 5.85. The Morgan fingerprint density at radius 3 is 2.92 bits per heavy atom. The molecule has 5 heteroatoms. The van der Waals surface area contributed by atoms with Crippen LogP contribution in [0.4, 0.5) is 4.79 Å². The van der Waals surface area contributed by atoms with Gasteiger partial charge in [0.1, 0.15) is 6.61 Å². The summed E-state index contributed by atoms with van der Waals surface area (Å²) in [5.41, 5.74) is 0.236. The summed E-state index contributed by atoms with van der Waals surface area (Å²) in [6.45, 7) is 2.71. The van der Waals surface area contributed by atoms with Crippen molar-refractivity contribution in [1.29, 1.82) is 0 Å². The SMILES string of the molecule is CC(=CCN1CCOC1=O)C(=O)O. The van der Waals surface area contributed by atoms with Crippen molar-refractivity contribution in [2.45, 2.75) is 6.92 Å². The normalized spacial score (nSPS) is 17.5. The summed E-state index contributed by atoms with van der Waals surface area (Å²) < 4.78 is 4.67. The molecule has 5 nitrogen and oxygen atoms in total. The smallest absolute Gasteiger partial charge is 0.410 e. The molecule has 1 aliphatic heterocycles. The molecule has 1 N–H and O–H groups in total. The topological polar surface area (TPSA) is 66.8 Å². The summed E-state index contributed by atoms with van der Waals surface area (Å²) >= 11 is 0. The molecule has 13 heavy (non-hydrogen) atoms. The fraction of sp³-hybridized carbons (Fsp3) is 0.500. The summed E-state index contributed by atoms with van der Waals surface area (Å²) in [6.07, 6.45) is 1.11. The quantitative estimate of drug-likeness (QED) is 0.649. The molecule has 0 aromatic carbocycles. The first-order valence-electron chi connectivity index (χ1n) is 3.93. The number of hydrogen-bond acceptors (Lipinski definition) is 3. The van der Waals surface area contributed by atoms with Crippen molar-refractivity contribution < 1.29 is 19.4 Å². The fourth-order valence-electron chi connectivity index (χ4n) is 0.926. The Labute approximate surface area is 75.6 Å². The number of carbonyl (C=O) groups is 2. The van der Waals surface area contributed by atoms with Crippen LogP contribution in [-0.4, -0.2) is 41.8 Å². The zero-order chi connectivity index (χ0) is 9.84. The number of cyclic esters (lactones) is 1. The van der Waals surface area contributed by atoms with Gasteiger partial charge in [-0.2, -0.15) is 0 Å². The number of carboxylic acid groups (broad SMARTS) is 1. The number of amides is 1. The molecule has 0 aromatic heterocycles. The van der Waals surface area contributed by atoms with Gasteiger partial charge in [0.25, 0.3) is 0 Å². The maximum atomic E-state index is 10.9. The summed E-state index contributed by atoms with van der Waals surface area (Å²) in [7, 11) is 0. The van der Waals surface area contributed by atoms with Gasteiger partial charge in [-0.1, -0.05) is 6.08 Å². The van der Waals surface area contributed by atoms with Gasteiger partial charge in [-0.25, -0.2) is 9.59 Å². The van der Waals surface area contributed by atoms with E-state index in [1.807, 2.05) is 0 Å². The van der Waals surface area contributed by atoms with Crippen molar-refractivity contribution in [3.05, 3.63) is 11.6 Å². The van der Waals surface area contributed by atoms with E-state index in [0.29, 0.717) is 19.7 Å². The zero-order valence-electron chi connectivity index (χ0n) is 7.32. The predicted molar refractivity (Wildman–Crippen MR) is 44.3 cm³/mol. The summed E-state index contributed by atoms with van der Waals surface area (Å²) in [5, 5.41) is 8.52. The third-order valence-electron chi connectivity index (χ3n) is 1.80. The van der Waals surface area contributed by atoms with Gasteiger partial charge in [-0.3, -0.25) is 0 Å². The summed E-state index contributed by atoms with van der Waals surface area (Å²) in [5.74, 6) is -0.965. The van der Waals surface area contributed by atoms with Crippen molar-refractivity contribution in [2.75, 3.05) is 19.7 Å². The number of carboxylic acids is 1. The van der Waals surface area contributed by atoms with E-state index in [9.17, 15) is 9.59 Å². The Morgan fingerprint density at radius 2 is 2.46 bits per heavy atom. The Hall–Kier alpha value is -1.52. The molecule has 1 heterocycles. The van der Waals surface area contributed by atoms with Crippen LogP contribution in [0.5, 0.6) is 0 Å². The number of hydrogen-bond donors (Lipinski definition) is 1. The number of rotatable bonds is 3. The van der Waals surface area contributed by atoms with Gasteiger partial charge in [0.2, 0.25) is 0 Å². The van der Waals surface area contributed by atoms with Gasteiger partial charge in [0.15, 0.2) is 0 Å². The van der Waals surface area contributed by atoms with Crippen molar-refractivity contribution in [1.82, 2.24) is 4.90 Å². The van der Waals surface area contributed by atoms with E-state index in [-0.39, 0.29) is 11.7 Å². The van der Waals surface area contributed by atoms with Crippen molar-refractivity contribution in [3.8, 4) is 0 Å². The highest BCUT2D eigenvalue weighted by Gasteiger charge is 2.20. The molecule has 0 spiro atoms. The largest absolute Gasteiger partial charge is 0.478 e. The minimum absolute atomic E-state index is 0.236. The van der Waals surface area contributed by atoms with Crippen LogP contribution in [0.3, 0.4) is 0 Å². The highest BCUT2D eigenvalue weighted by Crippen LogP contribution is 2.03. The molecular weight excluding hydrogens is 174 g/mol. The summed E-state index contributed by atoms with van der Waals surface area (Å²) in [4.78, 5) is 22.7. The Bertz CT molecular complexity index is 259. The van der Waals surface area contributed by atoms with E-state index >= 15 is 0 Å². The minimum atomic E-state index is -0.965. The van der Waals surface area contributed by atoms with E-state index in [4.69, 9.17) is 5.11 Å². The number of nitrogens with zero attached hydrogens (tertiary/aromatic N) is 1. The molecule has 0 aliphatic carbocycles. The Kier molecular flexibility index (Phi) is 2.89. The number of ether oxygens (including phenoxy) is 1. The second kappa shape index (κ2) is 3.93. The molecule has 1 saturated heterocycles. The molecule has 0 bridgehead atoms. The predicted octanol–water partition coefficient (Wildman–Crippen LogP) is 0.469. The highest BCUT2D eigenvalue weighted by atomic mass is 16.6. The van der Waals surface area contributed by atoms with Crippen LogP contribution in [0.1, 0.15) is 6.92 Å². The second-order valence-electron chi connectivity index (χ2n) is 2.75. The molecule has 1 rings (SSSR count). The third-order valence-corrected chi connectivity index (χ3v) is 1.80. The lowest BCUT2D eigenvalue weighted by atomic mass is 10.3. The van der Waals surface area contributed by atoms with E-state index in [1.165, 1.54) is 17.9 Å². The average Bonchev–Trinajstić information content (AvgIpc) is 2.47. The van der Waals surface area contributed by atoms with Crippen LogP contribution in [-0.2, 0) is 9.53 Å². The lowest BCUT2D eigenvalue weighted by Crippen LogP contribution is -2.24. The van der Waals surface area contributed by atoms with Crippen molar-refractivity contribution in [2.24, 2.45) is 0 Å². The maximum Gasteiger partial charge on any atom is 0.410 e. The maximum absolute atomic E-state index is 10.9. The minimum Gasteiger partial charge on any atom is -0.478 e. The van der Waals surface area contributed by atoms with Crippen LogP contribution >= 0.6 is 0 Å². The van der Waals surface area contributed by atoms with Gasteiger partial charge >= 0.3 is 12.1 Å². The number of aliphatic carboxylic acids is 1. The molecule has 0 radical (unpaired) electrons. The first kappa shape index (κ1) is 9.57. The molecule has 0 unspecified atom stereocenters. The molecule has 0 atom stereocenters. The van der Waals surface area contributed by atoms with Crippen LogP contribution in [0.2, 0.25) is 0 Å². The molecular formula is C8H11NO4. The van der Waals surface area contributed by atoms with E-state index in [1.54, 1.807) is 0 Å². The van der Waals surface area contributed by atoms with Crippen LogP contribution < -0.4 is 0 Å². The van der Waals surface area contributed by atoms with E-state index < -0.39 is 5.97 Å². The average molecular weight is 185 g/mol. The molecule has 0 saturated carbocycles. The number of carbonyl (C=O) groups excluding carboxylic acids is 1. The van der Waals surface area contributed by atoms with E-state index in [2.05, 4.69) is 4.74 Å². The van der Waals surface area contributed by atoms with Crippen molar-refractivity contribution in [3.63, 3.8) is 0 Å². The van der Waals surface area contributed by atoms with E-state index in [0.717, 1.165) is 0 Å². The lowest BCUT2D eigenvalue weighted by molar-refractivity contribution is -0.132. The van der Waals surface area contributed by atoms with Gasteiger partial charge in [0, 0.05) is 12.1 Å². The van der Waals surface area contributed by atoms with Crippen LogP contribution in [0, 0.1) is 0 Å². The molecule has 1 amide bonds. The van der Waals surface area contributed by atoms with Crippen molar-refractivity contribution >= 4 is 12.1 Å². The van der Waals surface area contributed by atoms with Crippen LogP contribution in [0.25, 0.3) is 0 Å². The standard InChI is InChI=1S/C8H11NO4/c1-6(7(10)11)2-3-9-4-5-13-8(9)12/h2H,3-5H2,1H3,(H,10,11). The molecule has 1 fully saturated rings. The summed E-state index contributed by atoms with van der Waals surface area (Å²) in [6, 6.07) is 0. The second-order valence-corrected chi connectivity index (χ2v) is 2.75. The van der Waals surface area contributed by atoms with Crippen LogP contribution in [0.15, 0.2) is 11.6 Å². The van der Waals surface area contributed by atoms with Gasteiger partial charge in [-0.15, -0.1) is 0 Å². The zero-order valence-corrected chi connectivity index (χ0v) is 7.32.